The van der Waals surface area contributed by atoms with Gasteiger partial charge in [0.1, 0.15) is 11.9 Å². The molecule has 1 saturated heterocycles. The van der Waals surface area contributed by atoms with Crippen molar-refractivity contribution in [3.05, 3.63) is 18.2 Å². The molecule has 24 heavy (non-hydrogen) atoms. The van der Waals surface area contributed by atoms with Gasteiger partial charge in [-0.15, -0.1) is 0 Å². The zero-order chi connectivity index (χ0) is 18.2. The van der Waals surface area contributed by atoms with E-state index >= 15 is 0 Å². The molecule has 0 saturated carbocycles. The van der Waals surface area contributed by atoms with Crippen molar-refractivity contribution < 1.29 is 18.8 Å². The van der Waals surface area contributed by atoms with E-state index in [1.165, 1.54) is 6.33 Å². The predicted octanol–water partition coefficient (Wildman–Crippen LogP) is 1.80. The Morgan fingerprint density at radius 3 is 2.38 bits per heavy atom. The Hall–Kier alpha value is -1.67. The molecule has 1 aliphatic heterocycles. The molecule has 2 rings (SSSR count). The molecule has 1 aromatic heterocycles. The summed E-state index contributed by atoms with van der Waals surface area (Å²) < 4.78 is 17.3. The first-order valence-electron chi connectivity index (χ1n) is 8.02. The SMILES string of the molecule is CC(C)(C)OC(=O)NCc1ncncc1B1OC(C)(C)C(C)(C)O1. The average Bonchev–Trinajstić information content (AvgIpc) is 2.63. The summed E-state index contributed by atoms with van der Waals surface area (Å²) in [6.45, 7) is 13.6. The van der Waals surface area contributed by atoms with Gasteiger partial charge in [0.25, 0.3) is 0 Å². The predicted molar refractivity (Wildman–Crippen MR) is 90.8 cm³/mol. The van der Waals surface area contributed by atoms with Crippen LogP contribution >= 0.6 is 0 Å². The second kappa shape index (κ2) is 6.33. The lowest BCUT2D eigenvalue weighted by Gasteiger charge is -2.32. The first-order chi connectivity index (χ1) is 10.9. The summed E-state index contributed by atoms with van der Waals surface area (Å²) in [6.07, 6.45) is 2.59. The molecule has 0 aliphatic carbocycles. The first-order valence-corrected chi connectivity index (χ1v) is 8.02. The zero-order valence-corrected chi connectivity index (χ0v) is 15.5. The minimum absolute atomic E-state index is 0.205. The van der Waals surface area contributed by atoms with Crippen LogP contribution < -0.4 is 10.8 Å². The average molecular weight is 335 g/mol. The normalized spacial score (nSPS) is 19.2. The van der Waals surface area contributed by atoms with Crippen molar-refractivity contribution in [1.82, 2.24) is 15.3 Å². The number of amides is 1. The Morgan fingerprint density at radius 2 is 1.83 bits per heavy atom. The van der Waals surface area contributed by atoms with Gasteiger partial charge in [0, 0.05) is 11.7 Å². The van der Waals surface area contributed by atoms with Crippen LogP contribution in [0.5, 0.6) is 0 Å². The highest BCUT2D eigenvalue weighted by Gasteiger charge is 2.52. The van der Waals surface area contributed by atoms with Gasteiger partial charge in [0.2, 0.25) is 0 Å². The number of nitrogens with one attached hydrogen (secondary N) is 1. The van der Waals surface area contributed by atoms with Crippen molar-refractivity contribution in [1.29, 1.82) is 0 Å². The third-order valence-corrected chi connectivity index (χ3v) is 4.13. The van der Waals surface area contributed by atoms with Crippen LogP contribution in [0, 0.1) is 0 Å². The molecule has 1 fully saturated rings. The van der Waals surface area contributed by atoms with Gasteiger partial charge in [-0.25, -0.2) is 14.8 Å². The van der Waals surface area contributed by atoms with E-state index in [4.69, 9.17) is 14.0 Å². The standard InChI is InChI=1S/C16H26BN3O4/c1-14(2,3)22-13(21)19-9-12-11(8-18-10-20-12)17-23-15(4,5)16(6,7)24-17/h8,10H,9H2,1-7H3,(H,19,21). The number of carbonyl (C=O) groups excluding carboxylic acids is 1. The molecule has 1 amide bonds. The highest BCUT2D eigenvalue weighted by molar-refractivity contribution is 6.62. The van der Waals surface area contributed by atoms with E-state index < -0.39 is 30.0 Å². The minimum Gasteiger partial charge on any atom is -0.444 e. The van der Waals surface area contributed by atoms with Crippen molar-refractivity contribution in [2.24, 2.45) is 0 Å². The quantitative estimate of drug-likeness (QED) is 0.848. The summed E-state index contributed by atoms with van der Waals surface area (Å²) >= 11 is 0. The molecular weight excluding hydrogens is 309 g/mol. The van der Waals surface area contributed by atoms with Gasteiger partial charge in [0.15, 0.2) is 0 Å². The fourth-order valence-corrected chi connectivity index (χ4v) is 2.15. The topological polar surface area (TPSA) is 82.6 Å². The van der Waals surface area contributed by atoms with Crippen LogP contribution in [0.1, 0.15) is 54.2 Å². The summed E-state index contributed by atoms with van der Waals surface area (Å²) in [7, 11) is -0.577. The first kappa shape index (κ1) is 18.7. The van der Waals surface area contributed by atoms with Gasteiger partial charge in [-0.1, -0.05) is 0 Å². The molecule has 2 heterocycles. The van der Waals surface area contributed by atoms with Gasteiger partial charge >= 0.3 is 13.2 Å². The summed E-state index contributed by atoms with van der Waals surface area (Å²) in [6, 6.07) is 0. The molecule has 1 N–H and O–H groups in total. The number of aromatic nitrogens is 2. The fourth-order valence-electron chi connectivity index (χ4n) is 2.15. The molecule has 1 aromatic rings. The van der Waals surface area contributed by atoms with Gasteiger partial charge < -0.3 is 19.4 Å². The molecule has 7 nitrogen and oxygen atoms in total. The van der Waals surface area contributed by atoms with Crippen LogP contribution in [-0.4, -0.2) is 40.0 Å². The number of carbonyl (C=O) groups is 1. The van der Waals surface area contributed by atoms with E-state index in [-0.39, 0.29) is 6.54 Å². The Labute approximate surface area is 143 Å². The van der Waals surface area contributed by atoms with Crippen molar-refractivity contribution in [3.8, 4) is 0 Å². The zero-order valence-electron chi connectivity index (χ0n) is 15.5. The molecule has 0 bridgehead atoms. The maximum absolute atomic E-state index is 11.8. The molecule has 132 valence electrons. The van der Waals surface area contributed by atoms with Crippen molar-refractivity contribution >= 4 is 18.7 Å². The number of alkyl carbamates (subject to hydrolysis) is 1. The van der Waals surface area contributed by atoms with E-state index in [1.807, 2.05) is 48.5 Å². The second-order valence-corrected chi connectivity index (χ2v) is 7.87. The van der Waals surface area contributed by atoms with E-state index in [0.717, 1.165) is 0 Å². The third-order valence-electron chi connectivity index (χ3n) is 4.13. The van der Waals surface area contributed by atoms with Gasteiger partial charge in [-0.2, -0.15) is 0 Å². The lowest BCUT2D eigenvalue weighted by Crippen LogP contribution is -2.41. The van der Waals surface area contributed by atoms with Crippen LogP contribution in [-0.2, 0) is 20.6 Å². The third kappa shape index (κ3) is 4.24. The Bertz CT molecular complexity index is 598. The molecular formula is C16H26BN3O4. The fraction of sp³-hybridized carbons (Fsp3) is 0.688. The van der Waals surface area contributed by atoms with Gasteiger partial charge in [-0.3, -0.25) is 0 Å². The highest BCUT2D eigenvalue weighted by atomic mass is 16.7. The van der Waals surface area contributed by atoms with E-state index in [1.54, 1.807) is 6.20 Å². The number of nitrogens with zero attached hydrogens (tertiary/aromatic N) is 2. The van der Waals surface area contributed by atoms with Crippen molar-refractivity contribution in [2.45, 2.75) is 71.8 Å². The largest absolute Gasteiger partial charge is 0.498 e. The maximum Gasteiger partial charge on any atom is 0.498 e. The van der Waals surface area contributed by atoms with Crippen LogP contribution in [0.25, 0.3) is 0 Å². The number of rotatable bonds is 3. The van der Waals surface area contributed by atoms with E-state index in [2.05, 4.69) is 15.3 Å². The van der Waals surface area contributed by atoms with Crippen molar-refractivity contribution in [2.75, 3.05) is 0 Å². The van der Waals surface area contributed by atoms with Crippen LogP contribution in [0.4, 0.5) is 4.79 Å². The molecule has 0 radical (unpaired) electrons. The minimum atomic E-state index is -0.577. The number of hydrogen-bond donors (Lipinski definition) is 1. The Morgan fingerprint density at radius 1 is 1.25 bits per heavy atom. The van der Waals surface area contributed by atoms with Gasteiger partial charge in [-0.05, 0) is 48.5 Å². The monoisotopic (exact) mass is 335 g/mol. The molecule has 0 spiro atoms. The summed E-state index contributed by atoms with van der Waals surface area (Å²) in [5.74, 6) is 0. The molecule has 0 atom stereocenters. The van der Waals surface area contributed by atoms with Crippen LogP contribution in [0.2, 0.25) is 0 Å². The Kier molecular flexibility index (Phi) is 4.92. The molecule has 0 aromatic carbocycles. The lowest BCUT2D eigenvalue weighted by molar-refractivity contribution is 0.00578. The van der Waals surface area contributed by atoms with Crippen LogP contribution in [0.15, 0.2) is 12.5 Å². The van der Waals surface area contributed by atoms with Gasteiger partial charge in [0.05, 0.1) is 23.4 Å². The lowest BCUT2D eigenvalue weighted by atomic mass is 9.78. The molecule has 8 heteroatoms. The summed E-state index contributed by atoms with van der Waals surface area (Å²) in [4.78, 5) is 20.1. The van der Waals surface area contributed by atoms with Crippen molar-refractivity contribution in [3.63, 3.8) is 0 Å². The number of ether oxygens (including phenoxy) is 1. The molecule has 0 unspecified atom stereocenters. The van der Waals surface area contributed by atoms with Crippen LogP contribution in [0.3, 0.4) is 0 Å². The van der Waals surface area contributed by atoms with E-state index in [0.29, 0.717) is 11.2 Å². The molecule has 1 aliphatic rings. The smallest absolute Gasteiger partial charge is 0.444 e. The maximum atomic E-state index is 11.8. The summed E-state index contributed by atoms with van der Waals surface area (Å²) in [5, 5.41) is 2.70. The highest BCUT2D eigenvalue weighted by Crippen LogP contribution is 2.36. The second-order valence-electron chi connectivity index (χ2n) is 7.87. The Balaban J connectivity index is 2.10. The summed E-state index contributed by atoms with van der Waals surface area (Å²) in [5.41, 5.74) is -0.126. The number of hydrogen-bond acceptors (Lipinski definition) is 6. The van der Waals surface area contributed by atoms with E-state index in [9.17, 15) is 4.79 Å².